The Balaban J connectivity index is 0.00000182. The summed E-state index contributed by atoms with van der Waals surface area (Å²) < 4.78 is 5.81. The van der Waals surface area contributed by atoms with E-state index in [-0.39, 0.29) is 37.3 Å². The molecule has 0 saturated carbocycles. The number of aromatic nitrogens is 1. The lowest BCUT2D eigenvalue weighted by Gasteiger charge is -2.37. The van der Waals surface area contributed by atoms with Crippen molar-refractivity contribution in [3.05, 3.63) is 23.5 Å². The summed E-state index contributed by atoms with van der Waals surface area (Å²) in [5, 5.41) is 3.46. The molecule has 1 N–H and O–H groups in total. The highest BCUT2D eigenvalue weighted by Crippen LogP contribution is 2.39. The van der Waals surface area contributed by atoms with E-state index in [1.807, 2.05) is 24.0 Å². The van der Waals surface area contributed by atoms with Crippen molar-refractivity contribution in [3.8, 4) is 5.75 Å². The van der Waals surface area contributed by atoms with Gasteiger partial charge in [-0.15, -0.1) is 24.8 Å². The van der Waals surface area contributed by atoms with Crippen LogP contribution in [0.15, 0.2) is 12.1 Å². The number of pyridine rings is 1. The maximum atomic E-state index is 12.6. The van der Waals surface area contributed by atoms with Crippen LogP contribution in [0.5, 0.6) is 5.75 Å². The van der Waals surface area contributed by atoms with Crippen molar-refractivity contribution in [2.24, 2.45) is 5.41 Å². The molecule has 1 aromatic rings. The van der Waals surface area contributed by atoms with E-state index in [1.165, 1.54) is 19.3 Å². The van der Waals surface area contributed by atoms with E-state index in [0.29, 0.717) is 5.41 Å². The molecule has 0 bridgehead atoms. The second-order valence-corrected chi connectivity index (χ2v) is 7.52. The zero-order valence-electron chi connectivity index (χ0n) is 16.5. The number of halogens is 2. The number of rotatable bonds is 4. The minimum absolute atomic E-state index is 0. The van der Waals surface area contributed by atoms with Gasteiger partial charge < -0.3 is 15.0 Å². The fourth-order valence-electron chi connectivity index (χ4n) is 4.17. The molecular weight excluding hydrogens is 385 g/mol. The molecule has 2 aliphatic rings. The first kappa shape index (κ1) is 24.0. The number of ether oxygens (including phenoxy) is 1. The third kappa shape index (κ3) is 6.23. The number of likely N-dealkylation sites (tertiary alicyclic amines) is 1. The summed E-state index contributed by atoms with van der Waals surface area (Å²) in [4.78, 5) is 19.1. The van der Waals surface area contributed by atoms with Crippen LogP contribution in [0.2, 0.25) is 0 Å². The van der Waals surface area contributed by atoms with Crippen LogP contribution in [0.1, 0.15) is 50.4 Å². The standard InChI is InChI=1S/C20H31N3O2.2ClH/c1-3-17-18(6-5-16(2)22-17)25-15-19(24)23-13-4-7-20(10-14-23)8-11-21-12-9-20;;/h5-6,21H,3-4,7-15H2,1-2H3;2*1H. The van der Waals surface area contributed by atoms with E-state index in [1.54, 1.807) is 0 Å². The Morgan fingerprint density at radius 3 is 2.63 bits per heavy atom. The topological polar surface area (TPSA) is 54.5 Å². The molecule has 1 amide bonds. The Morgan fingerprint density at radius 2 is 1.93 bits per heavy atom. The van der Waals surface area contributed by atoms with Crippen LogP contribution in [-0.4, -0.2) is 48.6 Å². The lowest BCUT2D eigenvalue weighted by molar-refractivity contribution is -0.133. The molecule has 154 valence electrons. The number of amides is 1. The smallest absolute Gasteiger partial charge is 0.260 e. The lowest BCUT2D eigenvalue weighted by Crippen LogP contribution is -2.39. The van der Waals surface area contributed by atoms with Crippen LogP contribution in [0.3, 0.4) is 0 Å². The first-order chi connectivity index (χ1) is 12.1. The molecule has 0 atom stereocenters. The molecule has 27 heavy (non-hydrogen) atoms. The lowest BCUT2D eigenvalue weighted by atomic mass is 9.73. The second-order valence-electron chi connectivity index (χ2n) is 7.52. The molecular formula is C20H33Cl2N3O2. The van der Waals surface area contributed by atoms with Gasteiger partial charge in [0.05, 0.1) is 5.69 Å². The number of nitrogens with one attached hydrogen (secondary N) is 1. The van der Waals surface area contributed by atoms with Gasteiger partial charge in [0, 0.05) is 18.8 Å². The normalized spacial score (nSPS) is 18.8. The maximum Gasteiger partial charge on any atom is 0.260 e. The molecule has 3 heterocycles. The summed E-state index contributed by atoms with van der Waals surface area (Å²) >= 11 is 0. The van der Waals surface area contributed by atoms with Crippen molar-refractivity contribution < 1.29 is 9.53 Å². The number of piperidine rings is 1. The minimum atomic E-state index is 0. The van der Waals surface area contributed by atoms with Crippen molar-refractivity contribution in [1.82, 2.24) is 15.2 Å². The summed E-state index contributed by atoms with van der Waals surface area (Å²) in [6.07, 6.45) is 6.80. The van der Waals surface area contributed by atoms with E-state index in [0.717, 1.165) is 62.6 Å². The van der Waals surface area contributed by atoms with Gasteiger partial charge in [0.15, 0.2) is 6.61 Å². The molecule has 7 heteroatoms. The molecule has 0 aromatic carbocycles. The Hall–Kier alpha value is -1.04. The summed E-state index contributed by atoms with van der Waals surface area (Å²) in [5.41, 5.74) is 2.37. The zero-order chi connectivity index (χ0) is 17.7. The Kier molecular flexibility index (Phi) is 9.85. The van der Waals surface area contributed by atoms with E-state index in [2.05, 4.69) is 17.2 Å². The SMILES string of the molecule is CCc1nc(C)ccc1OCC(=O)N1CCCC2(CCNCC2)CC1.Cl.Cl. The molecule has 5 nitrogen and oxygen atoms in total. The van der Waals surface area contributed by atoms with Gasteiger partial charge in [-0.1, -0.05) is 6.92 Å². The van der Waals surface area contributed by atoms with Gasteiger partial charge >= 0.3 is 0 Å². The van der Waals surface area contributed by atoms with Gasteiger partial charge in [-0.2, -0.15) is 0 Å². The average Bonchev–Trinajstić information content (AvgIpc) is 2.83. The van der Waals surface area contributed by atoms with E-state index in [9.17, 15) is 4.79 Å². The first-order valence-electron chi connectivity index (χ1n) is 9.70. The van der Waals surface area contributed by atoms with Crippen LogP contribution in [0.25, 0.3) is 0 Å². The molecule has 2 saturated heterocycles. The fraction of sp³-hybridized carbons (Fsp3) is 0.700. The summed E-state index contributed by atoms with van der Waals surface area (Å²) in [6.45, 7) is 8.13. The molecule has 0 unspecified atom stereocenters. The number of hydrogen-bond acceptors (Lipinski definition) is 4. The fourth-order valence-corrected chi connectivity index (χ4v) is 4.17. The molecule has 3 rings (SSSR count). The van der Waals surface area contributed by atoms with Gasteiger partial charge in [-0.3, -0.25) is 9.78 Å². The quantitative estimate of drug-likeness (QED) is 0.813. The van der Waals surface area contributed by atoms with Gasteiger partial charge in [0.1, 0.15) is 5.75 Å². The highest BCUT2D eigenvalue weighted by molar-refractivity contribution is 5.85. The van der Waals surface area contributed by atoms with E-state index in [4.69, 9.17) is 4.74 Å². The Labute approximate surface area is 175 Å². The largest absolute Gasteiger partial charge is 0.482 e. The van der Waals surface area contributed by atoms with Crippen LogP contribution in [-0.2, 0) is 11.2 Å². The number of aryl methyl sites for hydroxylation is 2. The summed E-state index contributed by atoms with van der Waals surface area (Å²) in [7, 11) is 0. The first-order valence-corrected chi connectivity index (χ1v) is 9.70. The summed E-state index contributed by atoms with van der Waals surface area (Å²) in [5.74, 6) is 0.847. The van der Waals surface area contributed by atoms with Gasteiger partial charge in [-0.05, 0) is 76.1 Å². The Bertz CT molecular complexity index is 607. The molecule has 2 fully saturated rings. The van der Waals surface area contributed by atoms with Crippen molar-refractivity contribution in [1.29, 1.82) is 0 Å². The molecule has 0 radical (unpaired) electrons. The molecule has 0 aliphatic carbocycles. The van der Waals surface area contributed by atoms with Crippen molar-refractivity contribution >= 4 is 30.7 Å². The Morgan fingerprint density at radius 1 is 1.19 bits per heavy atom. The van der Waals surface area contributed by atoms with Gasteiger partial charge in [0.25, 0.3) is 5.91 Å². The van der Waals surface area contributed by atoms with Crippen LogP contribution in [0, 0.1) is 12.3 Å². The summed E-state index contributed by atoms with van der Waals surface area (Å²) in [6, 6.07) is 3.87. The van der Waals surface area contributed by atoms with Crippen LogP contribution in [0.4, 0.5) is 0 Å². The van der Waals surface area contributed by atoms with Gasteiger partial charge in [0.2, 0.25) is 0 Å². The third-order valence-corrected chi connectivity index (χ3v) is 5.82. The van der Waals surface area contributed by atoms with Gasteiger partial charge in [-0.25, -0.2) is 0 Å². The minimum Gasteiger partial charge on any atom is -0.482 e. The second kappa shape index (κ2) is 11.1. The van der Waals surface area contributed by atoms with Crippen molar-refractivity contribution in [2.75, 3.05) is 32.8 Å². The average molecular weight is 418 g/mol. The third-order valence-electron chi connectivity index (χ3n) is 5.82. The zero-order valence-corrected chi connectivity index (χ0v) is 18.1. The number of hydrogen-bond donors (Lipinski definition) is 1. The number of carbonyl (C=O) groups is 1. The number of carbonyl (C=O) groups excluding carboxylic acids is 1. The monoisotopic (exact) mass is 417 g/mol. The van der Waals surface area contributed by atoms with Crippen molar-refractivity contribution in [2.45, 2.75) is 52.4 Å². The predicted molar refractivity (Wildman–Crippen MR) is 113 cm³/mol. The predicted octanol–water partition coefficient (Wildman–Crippen LogP) is 3.56. The molecule has 1 aromatic heterocycles. The van der Waals surface area contributed by atoms with E-state index < -0.39 is 0 Å². The van der Waals surface area contributed by atoms with Crippen LogP contribution < -0.4 is 10.1 Å². The van der Waals surface area contributed by atoms with Crippen LogP contribution >= 0.6 is 24.8 Å². The molecule has 1 spiro atoms. The maximum absolute atomic E-state index is 12.6. The van der Waals surface area contributed by atoms with E-state index >= 15 is 0 Å². The van der Waals surface area contributed by atoms with Crippen molar-refractivity contribution in [3.63, 3.8) is 0 Å². The number of nitrogens with zero attached hydrogens (tertiary/aromatic N) is 2. The highest BCUT2D eigenvalue weighted by Gasteiger charge is 2.34. The highest BCUT2D eigenvalue weighted by atomic mass is 35.5. The molecule has 2 aliphatic heterocycles.